The zero-order valence-electron chi connectivity index (χ0n) is 10.4. The third-order valence-corrected chi connectivity index (χ3v) is 6.30. The molecule has 0 bridgehead atoms. The summed E-state index contributed by atoms with van der Waals surface area (Å²) in [4.78, 5) is 0. The van der Waals surface area contributed by atoms with E-state index in [-0.39, 0.29) is 15.9 Å². The lowest BCUT2D eigenvalue weighted by Crippen LogP contribution is -1.98. The fourth-order valence-corrected chi connectivity index (χ4v) is 5.11. The first-order valence-electron chi connectivity index (χ1n) is 7.07. The average Bonchev–Trinajstić information content (AvgIpc) is 2.74. The zero-order valence-corrected chi connectivity index (χ0v) is 11.8. The van der Waals surface area contributed by atoms with Crippen molar-refractivity contribution in [3.63, 3.8) is 0 Å². The Morgan fingerprint density at radius 3 is 2.25 bits per heavy atom. The number of halogens is 2. The summed E-state index contributed by atoms with van der Waals surface area (Å²) in [6.07, 6.45) is 9.56. The third kappa shape index (κ3) is 7.37. The molecule has 0 saturated heterocycles. The van der Waals surface area contributed by atoms with Gasteiger partial charge in [-0.25, -0.2) is 8.78 Å². The van der Waals surface area contributed by atoms with E-state index in [1.165, 1.54) is 51.0 Å². The Labute approximate surface area is 101 Å². The van der Waals surface area contributed by atoms with Crippen LogP contribution in [0.25, 0.3) is 0 Å². The van der Waals surface area contributed by atoms with Crippen molar-refractivity contribution >= 4 is 9.52 Å². The number of hydrogen-bond donors (Lipinski definition) is 0. The van der Waals surface area contributed by atoms with Crippen molar-refractivity contribution in [3.05, 3.63) is 0 Å². The van der Waals surface area contributed by atoms with Gasteiger partial charge in [0.25, 0.3) is 0 Å². The zero-order chi connectivity index (χ0) is 11.6. The van der Waals surface area contributed by atoms with E-state index < -0.39 is 6.43 Å². The SMILES string of the molecule is FC(F)CCCCCCC[SiH2]C1CCCC1. The van der Waals surface area contributed by atoms with E-state index in [4.69, 9.17) is 0 Å². The van der Waals surface area contributed by atoms with Gasteiger partial charge in [0, 0.05) is 15.9 Å². The van der Waals surface area contributed by atoms with Gasteiger partial charge >= 0.3 is 0 Å². The van der Waals surface area contributed by atoms with Crippen molar-refractivity contribution in [2.75, 3.05) is 0 Å². The third-order valence-electron chi connectivity index (χ3n) is 3.76. The van der Waals surface area contributed by atoms with E-state index in [1.807, 2.05) is 0 Å². The van der Waals surface area contributed by atoms with E-state index in [9.17, 15) is 8.78 Å². The fraction of sp³-hybridized carbons (Fsp3) is 1.00. The average molecular weight is 248 g/mol. The van der Waals surface area contributed by atoms with Gasteiger partial charge in [0.15, 0.2) is 0 Å². The quantitative estimate of drug-likeness (QED) is 0.415. The molecule has 16 heavy (non-hydrogen) atoms. The largest absolute Gasteiger partial charge is 0.238 e. The summed E-state index contributed by atoms with van der Waals surface area (Å²) in [5.41, 5.74) is 1.15. The predicted octanol–water partition coefficient (Wildman–Crippen LogP) is 4.54. The summed E-state index contributed by atoms with van der Waals surface area (Å²) in [5.74, 6) is 0. The molecule has 0 aliphatic heterocycles. The minimum absolute atomic E-state index is 0.108. The van der Waals surface area contributed by atoms with Crippen LogP contribution in [0.3, 0.4) is 0 Å². The Morgan fingerprint density at radius 2 is 1.56 bits per heavy atom. The van der Waals surface area contributed by atoms with Crippen molar-refractivity contribution in [2.45, 2.75) is 82.2 Å². The van der Waals surface area contributed by atoms with Crippen molar-refractivity contribution in [2.24, 2.45) is 0 Å². The van der Waals surface area contributed by atoms with Crippen LogP contribution in [0.15, 0.2) is 0 Å². The van der Waals surface area contributed by atoms with Crippen LogP contribution in [0.2, 0.25) is 11.6 Å². The van der Waals surface area contributed by atoms with Crippen molar-refractivity contribution in [1.29, 1.82) is 0 Å². The Hall–Kier alpha value is 0.0769. The smallest absolute Gasteiger partial charge is 0.211 e. The summed E-state index contributed by atoms with van der Waals surface area (Å²) >= 11 is 0. The summed E-state index contributed by atoms with van der Waals surface area (Å²) < 4.78 is 23.7. The van der Waals surface area contributed by atoms with Crippen LogP contribution in [0.4, 0.5) is 8.78 Å². The van der Waals surface area contributed by atoms with E-state index >= 15 is 0 Å². The molecule has 0 atom stereocenters. The molecular formula is C13H26F2Si. The summed E-state index contributed by atoms with van der Waals surface area (Å²) in [7, 11) is 0.215. The maximum atomic E-state index is 11.8. The molecule has 0 aromatic carbocycles. The first-order chi connectivity index (χ1) is 7.79. The highest BCUT2D eigenvalue weighted by atomic mass is 28.2. The molecule has 0 radical (unpaired) electrons. The highest BCUT2D eigenvalue weighted by Gasteiger charge is 2.14. The Kier molecular flexibility index (Phi) is 8.08. The van der Waals surface area contributed by atoms with Crippen molar-refractivity contribution in [1.82, 2.24) is 0 Å². The Morgan fingerprint density at radius 1 is 0.938 bits per heavy atom. The van der Waals surface area contributed by atoms with Crippen LogP contribution >= 0.6 is 0 Å². The van der Waals surface area contributed by atoms with Gasteiger partial charge in [0.05, 0.1) is 0 Å². The topological polar surface area (TPSA) is 0 Å². The lowest BCUT2D eigenvalue weighted by Gasteiger charge is -2.07. The molecule has 1 rings (SSSR count). The Bertz CT molecular complexity index is 156. The van der Waals surface area contributed by atoms with Gasteiger partial charge in [-0.05, 0) is 6.42 Å². The molecule has 0 N–H and O–H groups in total. The lowest BCUT2D eigenvalue weighted by atomic mass is 10.1. The van der Waals surface area contributed by atoms with E-state index in [0.717, 1.165) is 18.4 Å². The van der Waals surface area contributed by atoms with Crippen molar-refractivity contribution in [3.8, 4) is 0 Å². The molecule has 0 aromatic heterocycles. The van der Waals surface area contributed by atoms with Gasteiger partial charge in [-0.2, -0.15) is 0 Å². The highest BCUT2D eigenvalue weighted by Crippen LogP contribution is 2.30. The summed E-state index contributed by atoms with van der Waals surface area (Å²) in [5, 5.41) is 0. The molecule has 1 aliphatic carbocycles. The first-order valence-corrected chi connectivity index (χ1v) is 8.89. The normalized spacial score (nSPS) is 18.2. The molecule has 0 nitrogen and oxygen atoms in total. The molecule has 1 aliphatic rings. The van der Waals surface area contributed by atoms with Gasteiger partial charge in [-0.1, -0.05) is 63.0 Å². The van der Waals surface area contributed by atoms with E-state index in [2.05, 4.69) is 0 Å². The molecule has 1 saturated carbocycles. The molecule has 96 valence electrons. The second-order valence-corrected chi connectivity index (χ2v) is 7.68. The Balaban J connectivity index is 1.74. The van der Waals surface area contributed by atoms with Gasteiger partial charge in [0.2, 0.25) is 6.43 Å². The van der Waals surface area contributed by atoms with E-state index in [0.29, 0.717) is 0 Å². The molecular weight excluding hydrogens is 222 g/mol. The van der Waals surface area contributed by atoms with Crippen LogP contribution in [0.1, 0.15) is 64.2 Å². The van der Waals surface area contributed by atoms with Crippen LogP contribution in [0, 0.1) is 0 Å². The standard InChI is InChI=1S/C13H26F2Si/c14-13(15)10-4-2-1-3-7-11-16-12-8-5-6-9-12/h12-13H,1-11,16H2. The molecule has 0 amide bonds. The van der Waals surface area contributed by atoms with Crippen molar-refractivity contribution < 1.29 is 8.78 Å². The second kappa shape index (κ2) is 9.14. The first kappa shape index (κ1) is 14.1. The summed E-state index contributed by atoms with van der Waals surface area (Å²) in [6.45, 7) is 0. The molecule has 0 unspecified atom stereocenters. The van der Waals surface area contributed by atoms with E-state index in [1.54, 1.807) is 0 Å². The minimum Gasteiger partial charge on any atom is -0.211 e. The monoisotopic (exact) mass is 248 g/mol. The van der Waals surface area contributed by atoms with Gasteiger partial charge < -0.3 is 0 Å². The maximum absolute atomic E-state index is 11.8. The number of unbranched alkanes of at least 4 members (excludes halogenated alkanes) is 4. The molecule has 0 aromatic rings. The molecule has 3 heteroatoms. The summed E-state index contributed by atoms with van der Waals surface area (Å²) in [6, 6.07) is 1.50. The molecule has 0 spiro atoms. The van der Waals surface area contributed by atoms with Crippen LogP contribution in [-0.2, 0) is 0 Å². The van der Waals surface area contributed by atoms with Gasteiger partial charge in [0.1, 0.15) is 0 Å². The van der Waals surface area contributed by atoms with Crippen LogP contribution in [-0.4, -0.2) is 15.9 Å². The maximum Gasteiger partial charge on any atom is 0.238 e. The number of rotatable bonds is 9. The van der Waals surface area contributed by atoms with Gasteiger partial charge in [-0.15, -0.1) is 0 Å². The van der Waals surface area contributed by atoms with Crippen LogP contribution in [0.5, 0.6) is 0 Å². The number of hydrogen-bond acceptors (Lipinski definition) is 0. The molecule has 0 heterocycles. The van der Waals surface area contributed by atoms with Gasteiger partial charge in [-0.3, -0.25) is 0 Å². The number of alkyl halides is 2. The predicted molar refractivity (Wildman–Crippen MR) is 69.3 cm³/mol. The van der Waals surface area contributed by atoms with Crippen LogP contribution < -0.4 is 0 Å². The molecule has 1 fully saturated rings. The fourth-order valence-electron chi connectivity index (χ4n) is 2.74. The minimum atomic E-state index is -2.09. The second-order valence-electron chi connectivity index (χ2n) is 5.24. The lowest BCUT2D eigenvalue weighted by molar-refractivity contribution is 0.133. The highest BCUT2D eigenvalue weighted by molar-refractivity contribution is 6.37.